The maximum atomic E-state index is 12.4. The fraction of sp³-hybridized carbons (Fsp3) is 0.381. The minimum absolute atomic E-state index is 0.104. The van der Waals surface area contributed by atoms with E-state index in [-0.39, 0.29) is 11.9 Å². The number of rotatable bonds is 7. The second-order valence-electron chi connectivity index (χ2n) is 6.19. The molecule has 0 aliphatic heterocycles. The highest BCUT2D eigenvalue weighted by Crippen LogP contribution is 2.22. The maximum absolute atomic E-state index is 12.4. The van der Waals surface area contributed by atoms with Crippen molar-refractivity contribution in [1.82, 2.24) is 5.32 Å². The molecule has 0 aromatic heterocycles. The first-order valence-electron chi connectivity index (χ1n) is 8.68. The molecule has 1 amide bonds. The third kappa shape index (κ3) is 4.99. The Morgan fingerprint density at radius 3 is 2.40 bits per heavy atom. The van der Waals surface area contributed by atoms with Crippen LogP contribution in [0.5, 0.6) is 11.5 Å². The van der Waals surface area contributed by atoms with Crippen LogP contribution < -0.4 is 14.8 Å². The van der Waals surface area contributed by atoms with Gasteiger partial charge >= 0.3 is 0 Å². The Morgan fingerprint density at radius 1 is 1.08 bits per heavy atom. The lowest BCUT2D eigenvalue weighted by molar-refractivity contribution is -0.127. The third-order valence-corrected chi connectivity index (χ3v) is 4.28. The second kappa shape index (κ2) is 8.56. The van der Waals surface area contributed by atoms with E-state index in [9.17, 15) is 4.79 Å². The van der Waals surface area contributed by atoms with Crippen molar-refractivity contribution in [3.63, 3.8) is 0 Å². The van der Waals surface area contributed by atoms with E-state index in [1.165, 1.54) is 0 Å². The fourth-order valence-corrected chi connectivity index (χ4v) is 2.53. The summed E-state index contributed by atoms with van der Waals surface area (Å²) >= 11 is 0. The van der Waals surface area contributed by atoms with Gasteiger partial charge in [-0.15, -0.1) is 0 Å². The zero-order valence-electron chi connectivity index (χ0n) is 15.6. The highest BCUT2D eigenvalue weighted by Gasteiger charge is 2.18. The predicted molar refractivity (Wildman–Crippen MR) is 100 cm³/mol. The number of carbonyl (C=O) groups excluding carboxylic acids is 1. The topological polar surface area (TPSA) is 47.6 Å². The predicted octanol–water partition coefficient (Wildman–Crippen LogP) is 4.35. The van der Waals surface area contributed by atoms with Gasteiger partial charge in [-0.2, -0.15) is 0 Å². The monoisotopic (exact) mass is 341 g/mol. The Hall–Kier alpha value is -2.49. The van der Waals surface area contributed by atoms with E-state index in [4.69, 9.17) is 9.47 Å². The first kappa shape index (κ1) is 18.8. The van der Waals surface area contributed by atoms with Gasteiger partial charge in [-0.05, 0) is 69.5 Å². The van der Waals surface area contributed by atoms with Crippen molar-refractivity contribution in [1.29, 1.82) is 0 Å². The Balaban J connectivity index is 1.96. The first-order chi connectivity index (χ1) is 11.9. The van der Waals surface area contributed by atoms with Crippen LogP contribution in [0, 0.1) is 13.8 Å². The van der Waals surface area contributed by atoms with Crippen molar-refractivity contribution in [3.8, 4) is 11.5 Å². The Labute approximate surface area is 150 Å². The number of hydrogen-bond donors (Lipinski definition) is 1. The molecule has 4 heteroatoms. The van der Waals surface area contributed by atoms with E-state index in [1.807, 2.05) is 70.2 Å². The molecule has 0 aliphatic rings. The molecule has 0 bridgehead atoms. The van der Waals surface area contributed by atoms with Crippen LogP contribution in [0.15, 0.2) is 42.5 Å². The molecule has 0 saturated heterocycles. The lowest BCUT2D eigenvalue weighted by atomic mass is 10.1. The van der Waals surface area contributed by atoms with Crippen LogP contribution in [-0.4, -0.2) is 18.6 Å². The van der Waals surface area contributed by atoms with Crippen LogP contribution in [0.3, 0.4) is 0 Å². The summed E-state index contributed by atoms with van der Waals surface area (Å²) in [4.78, 5) is 12.4. The normalized spacial score (nSPS) is 13.0. The van der Waals surface area contributed by atoms with Crippen LogP contribution in [-0.2, 0) is 4.79 Å². The molecule has 0 unspecified atom stereocenters. The summed E-state index contributed by atoms with van der Waals surface area (Å²) in [6.07, 6.45) is -0.564. The van der Waals surface area contributed by atoms with E-state index < -0.39 is 6.10 Å². The maximum Gasteiger partial charge on any atom is 0.261 e. The van der Waals surface area contributed by atoms with Gasteiger partial charge in [0.1, 0.15) is 11.5 Å². The number of carbonyl (C=O) groups is 1. The number of ether oxygens (including phenoxy) is 2. The molecule has 4 nitrogen and oxygen atoms in total. The van der Waals surface area contributed by atoms with Gasteiger partial charge in [0.2, 0.25) is 0 Å². The number of aryl methyl sites for hydroxylation is 1. The molecule has 2 atom stereocenters. The van der Waals surface area contributed by atoms with Crippen molar-refractivity contribution >= 4 is 5.91 Å². The van der Waals surface area contributed by atoms with E-state index in [1.54, 1.807) is 6.92 Å². The van der Waals surface area contributed by atoms with Crippen molar-refractivity contribution in [2.45, 2.75) is 46.8 Å². The van der Waals surface area contributed by atoms with Gasteiger partial charge in [0.25, 0.3) is 5.91 Å². The Bertz CT molecular complexity index is 710. The molecular weight excluding hydrogens is 314 g/mol. The van der Waals surface area contributed by atoms with Crippen LogP contribution >= 0.6 is 0 Å². The molecule has 0 saturated carbocycles. The van der Waals surface area contributed by atoms with Gasteiger partial charge < -0.3 is 14.8 Å². The van der Waals surface area contributed by atoms with Crippen molar-refractivity contribution in [2.75, 3.05) is 6.61 Å². The average Bonchev–Trinajstić information content (AvgIpc) is 2.59. The lowest BCUT2D eigenvalue weighted by Crippen LogP contribution is -2.37. The van der Waals surface area contributed by atoms with Crippen molar-refractivity contribution < 1.29 is 14.3 Å². The first-order valence-corrected chi connectivity index (χ1v) is 8.68. The molecule has 2 aromatic rings. The quantitative estimate of drug-likeness (QED) is 0.814. The molecular formula is C21H27NO3. The molecule has 0 aliphatic carbocycles. The number of hydrogen-bond acceptors (Lipinski definition) is 3. The zero-order chi connectivity index (χ0) is 18.4. The average molecular weight is 341 g/mol. The zero-order valence-corrected chi connectivity index (χ0v) is 15.6. The highest BCUT2D eigenvalue weighted by atomic mass is 16.5. The minimum atomic E-state index is -0.564. The summed E-state index contributed by atoms with van der Waals surface area (Å²) < 4.78 is 11.3. The molecule has 0 fully saturated rings. The van der Waals surface area contributed by atoms with E-state index in [0.29, 0.717) is 6.61 Å². The van der Waals surface area contributed by atoms with Crippen molar-refractivity contribution in [2.24, 2.45) is 0 Å². The van der Waals surface area contributed by atoms with Gasteiger partial charge in [0.15, 0.2) is 6.10 Å². The van der Waals surface area contributed by atoms with Gasteiger partial charge in [0, 0.05) is 0 Å². The van der Waals surface area contributed by atoms with E-state index >= 15 is 0 Å². The molecule has 134 valence electrons. The lowest BCUT2D eigenvalue weighted by Gasteiger charge is -2.20. The van der Waals surface area contributed by atoms with Crippen LogP contribution in [0.2, 0.25) is 0 Å². The van der Waals surface area contributed by atoms with Gasteiger partial charge in [0.05, 0.1) is 12.6 Å². The van der Waals surface area contributed by atoms with E-state index in [2.05, 4.69) is 5.32 Å². The second-order valence-corrected chi connectivity index (χ2v) is 6.19. The number of amides is 1. The van der Waals surface area contributed by atoms with Gasteiger partial charge in [-0.3, -0.25) is 4.79 Å². The largest absolute Gasteiger partial charge is 0.494 e. The van der Waals surface area contributed by atoms with Crippen LogP contribution in [0.25, 0.3) is 0 Å². The highest BCUT2D eigenvalue weighted by molar-refractivity contribution is 5.81. The summed E-state index contributed by atoms with van der Waals surface area (Å²) in [5.41, 5.74) is 3.23. The summed E-state index contributed by atoms with van der Waals surface area (Å²) in [5.74, 6) is 1.44. The molecule has 25 heavy (non-hydrogen) atoms. The Morgan fingerprint density at radius 2 is 1.76 bits per heavy atom. The summed E-state index contributed by atoms with van der Waals surface area (Å²) in [6.45, 7) is 10.3. The van der Waals surface area contributed by atoms with E-state index in [0.717, 1.165) is 28.2 Å². The van der Waals surface area contributed by atoms with Gasteiger partial charge in [-0.25, -0.2) is 0 Å². The molecule has 2 aromatic carbocycles. The Kier molecular flexibility index (Phi) is 6.45. The fourth-order valence-electron chi connectivity index (χ4n) is 2.53. The molecule has 0 radical (unpaired) electrons. The third-order valence-electron chi connectivity index (χ3n) is 4.28. The summed E-state index contributed by atoms with van der Waals surface area (Å²) in [5, 5.41) is 3.00. The smallest absolute Gasteiger partial charge is 0.261 e. The molecule has 1 N–H and O–H groups in total. The van der Waals surface area contributed by atoms with Crippen LogP contribution in [0.1, 0.15) is 43.5 Å². The standard InChI is InChI=1S/C21H27NO3/c1-6-24-19-12-10-18(11-13-19)16(4)22-21(23)17(5)25-20-9-7-8-14(2)15(20)3/h7-13,16-17H,6H2,1-5H3,(H,22,23)/t16-,17+/m0/s1. The summed E-state index contributed by atoms with van der Waals surface area (Å²) in [6, 6.07) is 13.5. The summed E-state index contributed by atoms with van der Waals surface area (Å²) in [7, 11) is 0. The van der Waals surface area contributed by atoms with Crippen LogP contribution in [0.4, 0.5) is 0 Å². The SMILES string of the molecule is CCOc1ccc([C@H](C)NC(=O)[C@@H](C)Oc2cccc(C)c2C)cc1. The number of benzene rings is 2. The van der Waals surface area contributed by atoms with Crippen molar-refractivity contribution in [3.05, 3.63) is 59.2 Å². The minimum Gasteiger partial charge on any atom is -0.494 e. The molecule has 2 rings (SSSR count). The number of nitrogens with one attached hydrogen (secondary N) is 1. The van der Waals surface area contributed by atoms with Gasteiger partial charge in [-0.1, -0.05) is 24.3 Å². The molecule has 0 heterocycles. The molecule has 0 spiro atoms.